The highest BCUT2D eigenvalue weighted by atomic mass is 16.7. The van der Waals surface area contributed by atoms with Crippen molar-refractivity contribution in [3.63, 3.8) is 0 Å². The van der Waals surface area contributed by atoms with Crippen LogP contribution in [-0.4, -0.2) is 19.2 Å². The molecule has 24 heavy (non-hydrogen) atoms. The van der Waals surface area contributed by atoms with Crippen molar-refractivity contribution in [2.75, 3.05) is 7.11 Å². The van der Waals surface area contributed by atoms with E-state index in [2.05, 4.69) is 0 Å². The van der Waals surface area contributed by atoms with Gasteiger partial charge in [0.05, 0.1) is 7.11 Å². The SMILES string of the molecule is CC.COC(=O)[C@@H]1OC(c2ccccc2)O[C@H]1c1ccccc1C. The van der Waals surface area contributed by atoms with Crippen LogP contribution in [-0.2, 0) is 19.0 Å². The van der Waals surface area contributed by atoms with E-state index in [0.717, 1.165) is 16.7 Å². The number of benzene rings is 2. The third-order valence-corrected chi connectivity index (χ3v) is 3.82. The smallest absolute Gasteiger partial charge is 0.338 e. The van der Waals surface area contributed by atoms with Gasteiger partial charge in [0.2, 0.25) is 0 Å². The van der Waals surface area contributed by atoms with Crippen LogP contribution in [0, 0.1) is 6.92 Å². The summed E-state index contributed by atoms with van der Waals surface area (Å²) in [5.41, 5.74) is 2.88. The first-order chi connectivity index (χ1) is 11.7. The normalized spacial score (nSPS) is 22.4. The number of carbonyl (C=O) groups excluding carboxylic acids is 1. The zero-order valence-corrected chi connectivity index (χ0v) is 14.6. The van der Waals surface area contributed by atoms with Gasteiger partial charge in [0, 0.05) is 5.56 Å². The molecule has 0 aromatic heterocycles. The van der Waals surface area contributed by atoms with E-state index in [1.807, 2.05) is 75.4 Å². The van der Waals surface area contributed by atoms with E-state index in [1.165, 1.54) is 7.11 Å². The predicted octanol–water partition coefficient (Wildman–Crippen LogP) is 4.35. The van der Waals surface area contributed by atoms with Crippen LogP contribution in [0.2, 0.25) is 0 Å². The van der Waals surface area contributed by atoms with Crippen LogP contribution < -0.4 is 0 Å². The molecule has 0 N–H and O–H groups in total. The van der Waals surface area contributed by atoms with E-state index >= 15 is 0 Å². The van der Waals surface area contributed by atoms with Crippen LogP contribution in [0.25, 0.3) is 0 Å². The van der Waals surface area contributed by atoms with Crippen molar-refractivity contribution in [1.82, 2.24) is 0 Å². The van der Waals surface area contributed by atoms with Crippen LogP contribution in [0.15, 0.2) is 54.6 Å². The number of methoxy groups -OCH3 is 1. The van der Waals surface area contributed by atoms with Gasteiger partial charge in [0.15, 0.2) is 12.4 Å². The topological polar surface area (TPSA) is 44.8 Å². The van der Waals surface area contributed by atoms with Crippen LogP contribution in [0.4, 0.5) is 0 Å². The third kappa shape index (κ3) is 3.83. The molecule has 1 aliphatic heterocycles. The van der Waals surface area contributed by atoms with Crippen LogP contribution in [0.5, 0.6) is 0 Å². The maximum absolute atomic E-state index is 12.1. The number of hydrogen-bond acceptors (Lipinski definition) is 4. The average molecular weight is 328 g/mol. The second-order valence-corrected chi connectivity index (χ2v) is 5.24. The number of carbonyl (C=O) groups is 1. The minimum atomic E-state index is -0.767. The molecule has 3 rings (SSSR count). The highest BCUT2D eigenvalue weighted by Gasteiger charge is 2.43. The van der Waals surface area contributed by atoms with Crippen molar-refractivity contribution in [2.45, 2.75) is 39.3 Å². The quantitative estimate of drug-likeness (QED) is 0.786. The van der Waals surface area contributed by atoms with Crippen LogP contribution >= 0.6 is 0 Å². The fourth-order valence-corrected chi connectivity index (χ4v) is 2.65. The highest BCUT2D eigenvalue weighted by Crippen LogP contribution is 2.41. The lowest BCUT2D eigenvalue weighted by molar-refractivity contribution is -0.154. The van der Waals surface area contributed by atoms with Gasteiger partial charge in [-0.05, 0) is 18.1 Å². The van der Waals surface area contributed by atoms with Gasteiger partial charge in [-0.25, -0.2) is 4.79 Å². The summed E-state index contributed by atoms with van der Waals surface area (Å²) < 4.78 is 16.7. The lowest BCUT2D eigenvalue weighted by Gasteiger charge is -2.16. The number of ether oxygens (including phenoxy) is 3. The molecule has 1 heterocycles. The molecule has 1 saturated heterocycles. The third-order valence-electron chi connectivity index (χ3n) is 3.82. The van der Waals surface area contributed by atoms with Gasteiger partial charge in [0.1, 0.15) is 6.10 Å². The maximum Gasteiger partial charge on any atom is 0.338 e. The fraction of sp³-hybridized carbons (Fsp3) is 0.350. The Morgan fingerprint density at radius 2 is 1.58 bits per heavy atom. The molecule has 3 atom stereocenters. The summed E-state index contributed by atoms with van der Waals surface area (Å²) in [4.78, 5) is 12.1. The minimum Gasteiger partial charge on any atom is -0.467 e. The largest absolute Gasteiger partial charge is 0.467 e. The summed E-state index contributed by atoms with van der Waals surface area (Å²) in [6, 6.07) is 17.4. The maximum atomic E-state index is 12.1. The zero-order valence-electron chi connectivity index (χ0n) is 14.6. The molecule has 1 fully saturated rings. The van der Waals surface area contributed by atoms with E-state index in [1.54, 1.807) is 0 Å². The monoisotopic (exact) mass is 328 g/mol. The Balaban J connectivity index is 0.00000100. The Labute approximate surface area is 143 Å². The first-order valence-corrected chi connectivity index (χ1v) is 8.20. The van der Waals surface area contributed by atoms with E-state index in [9.17, 15) is 4.79 Å². The Morgan fingerprint density at radius 1 is 0.958 bits per heavy atom. The molecule has 0 amide bonds. The summed E-state index contributed by atoms with van der Waals surface area (Å²) in [6.07, 6.45) is -1.81. The molecular formula is C20H24O4. The summed E-state index contributed by atoms with van der Waals surface area (Å²) in [5.74, 6) is -0.424. The number of rotatable bonds is 3. The number of esters is 1. The fourth-order valence-electron chi connectivity index (χ4n) is 2.65. The highest BCUT2D eigenvalue weighted by molar-refractivity contribution is 5.76. The van der Waals surface area contributed by atoms with Gasteiger partial charge in [-0.2, -0.15) is 0 Å². The molecule has 2 aromatic rings. The first kappa shape index (κ1) is 18.2. The second-order valence-electron chi connectivity index (χ2n) is 5.24. The van der Waals surface area contributed by atoms with Gasteiger partial charge in [0.25, 0.3) is 0 Å². The van der Waals surface area contributed by atoms with E-state index in [-0.39, 0.29) is 0 Å². The number of hydrogen-bond donors (Lipinski definition) is 0. The molecular weight excluding hydrogens is 304 g/mol. The van der Waals surface area contributed by atoms with Gasteiger partial charge in [-0.1, -0.05) is 68.4 Å². The standard InChI is InChI=1S/C18H18O4.C2H6/c1-12-8-6-7-11-14(12)15-16(17(19)20-2)22-18(21-15)13-9-4-3-5-10-13;1-2/h3-11,15-16,18H,1-2H3;1-2H3/t15-,16+,18?;/m0./s1. The van der Waals surface area contributed by atoms with Crippen molar-refractivity contribution in [2.24, 2.45) is 0 Å². The van der Waals surface area contributed by atoms with Crippen molar-refractivity contribution >= 4 is 5.97 Å². The summed E-state index contributed by atoms with van der Waals surface area (Å²) in [7, 11) is 1.36. The second kappa shape index (κ2) is 8.62. The molecule has 2 aromatic carbocycles. The van der Waals surface area contributed by atoms with Gasteiger partial charge >= 0.3 is 5.97 Å². The molecule has 4 heteroatoms. The molecule has 0 radical (unpaired) electrons. The van der Waals surface area contributed by atoms with Crippen molar-refractivity contribution in [3.05, 3.63) is 71.3 Å². The van der Waals surface area contributed by atoms with Gasteiger partial charge < -0.3 is 14.2 Å². The lowest BCUT2D eigenvalue weighted by Crippen LogP contribution is -2.27. The van der Waals surface area contributed by atoms with Crippen molar-refractivity contribution in [3.8, 4) is 0 Å². The Kier molecular flexibility index (Phi) is 6.53. The van der Waals surface area contributed by atoms with E-state index in [4.69, 9.17) is 14.2 Å². The molecule has 0 saturated carbocycles. The molecule has 0 aliphatic carbocycles. The zero-order chi connectivity index (χ0) is 17.5. The Hall–Kier alpha value is -2.17. The predicted molar refractivity (Wildman–Crippen MR) is 92.4 cm³/mol. The van der Waals surface area contributed by atoms with Crippen LogP contribution in [0.1, 0.15) is 42.9 Å². The number of aryl methyl sites for hydroxylation is 1. The average Bonchev–Trinajstić information content (AvgIpc) is 3.09. The minimum absolute atomic E-state index is 0.424. The summed E-state index contributed by atoms with van der Waals surface area (Å²) >= 11 is 0. The molecule has 128 valence electrons. The van der Waals surface area contributed by atoms with Crippen molar-refractivity contribution in [1.29, 1.82) is 0 Å². The lowest BCUT2D eigenvalue weighted by atomic mass is 10.00. The van der Waals surface area contributed by atoms with Crippen molar-refractivity contribution < 1.29 is 19.0 Å². The van der Waals surface area contributed by atoms with Crippen LogP contribution in [0.3, 0.4) is 0 Å². The van der Waals surface area contributed by atoms with E-state index in [0.29, 0.717) is 0 Å². The molecule has 1 aliphatic rings. The summed E-state index contributed by atoms with van der Waals surface area (Å²) in [6.45, 7) is 5.99. The molecule has 4 nitrogen and oxygen atoms in total. The Bertz CT molecular complexity index is 654. The first-order valence-electron chi connectivity index (χ1n) is 8.20. The Morgan fingerprint density at radius 3 is 2.21 bits per heavy atom. The molecule has 1 unspecified atom stereocenters. The molecule has 0 bridgehead atoms. The van der Waals surface area contributed by atoms with Gasteiger partial charge in [-0.15, -0.1) is 0 Å². The summed E-state index contributed by atoms with van der Waals surface area (Å²) in [5, 5.41) is 0. The van der Waals surface area contributed by atoms with Gasteiger partial charge in [-0.3, -0.25) is 0 Å². The molecule has 0 spiro atoms. The van der Waals surface area contributed by atoms with E-state index < -0.39 is 24.5 Å².